The van der Waals surface area contributed by atoms with E-state index in [0.717, 1.165) is 78.0 Å². The Morgan fingerprint density at radius 3 is 1.06 bits per heavy atom. The van der Waals surface area contributed by atoms with Crippen LogP contribution in [0.25, 0.3) is 163 Å². The quantitative estimate of drug-likeness (QED) is 0.109. The van der Waals surface area contributed by atoms with E-state index in [9.17, 15) is 0 Å². The summed E-state index contributed by atoms with van der Waals surface area (Å²) in [6, 6.07) is 135. The number of benzene rings is 17. The van der Waals surface area contributed by atoms with Gasteiger partial charge in [0.05, 0.1) is 31.8 Å². The monoisotopic (exact) mass is 1520 g/mol. The first-order chi connectivity index (χ1) is 55.9. The lowest BCUT2D eigenvalue weighted by Gasteiger charge is -2.11. The second kappa shape index (κ2) is 28.9. The zero-order valence-corrected chi connectivity index (χ0v) is 64.0. The van der Waals surface area contributed by atoms with Crippen molar-refractivity contribution in [1.29, 1.82) is 0 Å². The predicted molar refractivity (Wildman–Crippen MR) is 491 cm³/mol. The number of nitrogens with one attached hydrogen (secondary N) is 4. The summed E-state index contributed by atoms with van der Waals surface area (Å²) in [5.74, 6) is 0. The molecule has 4 N–H and O–H groups in total. The van der Waals surface area contributed by atoms with E-state index < -0.39 is 0 Å². The normalized spacial score (nSPS) is 11.5. The van der Waals surface area contributed by atoms with E-state index in [4.69, 9.17) is 8.83 Å². The fraction of sp³-hybridized carbons (Fsp3) is 0. The maximum atomic E-state index is 5.91. The Hall–Kier alpha value is -13.8. The van der Waals surface area contributed by atoms with Crippen molar-refractivity contribution in [1.82, 2.24) is 4.57 Å². The van der Waals surface area contributed by atoms with Gasteiger partial charge >= 0.3 is 0 Å². The first kappa shape index (κ1) is 67.3. The molecule has 11 heteroatoms. The third-order valence-electron chi connectivity index (χ3n) is 21.1. The summed E-state index contributed by atoms with van der Waals surface area (Å²) in [5, 5.41) is 32.1. The lowest BCUT2D eigenvalue weighted by atomic mass is 10.1. The van der Waals surface area contributed by atoms with Gasteiger partial charge in [-0.1, -0.05) is 218 Å². The van der Waals surface area contributed by atoms with Gasteiger partial charge in [0.25, 0.3) is 0 Å². The van der Waals surface area contributed by atoms with E-state index >= 15 is 0 Å². The molecule has 113 heavy (non-hydrogen) atoms. The molecular formula is C102H67N5O2S4. The van der Waals surface area contributed by atoms with Crippen LogP contribution >= 0.6 is 45.3 Å². The summed E-state index contributed by atoms with van der Waals surface area (Å²) in [4.78, 5) is 0. The molecule has 7 nitrogen and oxygen atoms in total. The molecule has 0 radical (unpaired) electrons. The third kappa shape index (κ3) is 12.8. The molecule has 17 aromatic carbocycles. The van der Waals surface area contributed by atoms with Crippen LogP contribution in [-0.2, 0) is 0 Å². The van der Waals surface area contributed by atoms with Crippen LogP contribution in [0.15, 0.2) is 391 Å². The van der Waals surface area contributed by atoms with Crippen molar-refractivity contribution in [2.45, 2.75) is 0 Å². The van der Waals surface area contributed by atoms with E-state index in [1.807, 2.05) is 112 Å². The molecule has 0 aliphatic carbocycles. The zero-order valence-electron chi connectivity index (χ0n) is 60.8. The number of aromatic nitrogens is 1. The van der Waals surface area contributed by atoms with Crippen LogP contribution in [0.3, 0.4) is 0 Å². The number of hydrogen-bond acceptors (Lipinski definition) is 10. The average molecular weight is 1520 g/mol. The molecule has 24 rings (SSSR count). The minimum Gasteiger partial charge on any atom is -0.456 e. The second-order valence-corrected chi connectivity index (χ2v) is 32.4. The molecule has 536 valence electrons. The minimum atomic E-state index is 0.901. The Morgan fingerprint density at radius 2 is 0.540 bits per heavy atom. The van der Waals surface area contributed by atoms with Gasteiger partial charge in [0.15, 0.2) is 0 Å². The fourth-order valence-corrected chi connectivity index (χ4v) is 20.3. The van der Waals surface area contributed by atoms with E-state index in [2.05, 4.69) is 341 Å². The van der Waals surface area contributed by atoms with Crippen LogP contribution in [0.2, 0.25) is 0 Å². The molecule has 0 saturated heterocycles. The number of hydrogen-bond donors (Lipinski definition) is 4. The van der Waals surface area contributed by atoms with Crippen molar-refractivity contribution in [2.24, 2.45) is 0 Å². The maximum absolute atomic E-state index is 5.91. The highest BCUT2D eigenvalue weighted by Gasteiger charge is 2.17. The topological polar surface area (TPSA) is 79.3 Å². The molecule has 0 aliphatic heterocycles. The summed E-state index contributed by atoms with van der Waals surface area (Å²) >= 11 is 7.43. The lowest BCUT2D eigenvalue weighted by Crippen LogP contribution is -1.94. The highest BCUT2D eigenvalue weighted by Crippen LogP contribution is 2.45. The number of fused-ring (bicyclic) bond motifs is 21. The van der Waals surface area contributed by atoms with Gasteiger partial charge in [-0.3, -0.25) is 0 Å². The van der Waals surface area contributed by atoms with Crippen LogP contribution in [0.1, 0.15) is 0 Å². The molecule has 0 amide bonds. The van der Waals surface area contributed by atoms with E-state index in [-0.39, 0.29) is 0 Å². The summed E-state index contributed by atoms with van der Waals surface area (Å²) < 4.78 is 24.8. The summed E-state index contributed by atoms with van der Waals surface area (Å²) in [7, 11) is 0. The van der Waals surface area contributed by atoms with Gasteiger partial charge in [-0.15, -0.1) is 45.3 Å². The van der Waals surface area contributed by atoms with Crippen LogP contribution in [-0.4, -0.2) is 4.57 Å². The number of thiophene rings is 4. The summed E-state index contributed by atoms with van der Waals surface area (Å²) in [5.41, 5.74) is 18.5. The lowest BCUT2D eigenvalue weighted by molar-refractivity contribution is 0.668. The molecule has 0 unspecified atom stereocenters. The van der Waals surface area contributed by atoms with Crippen molar-refractivity contribution >= 4 is 237 Å². The van der Waals surface area contributed by atoms with Crippen LogP contribution < -0.4 is 21.3 Å². The Bertz CT molecular complexity index is 7160. The molecule has 7 heterocycles. The molecule has 0 aliphatic rings. The van der Waals surface area contributed by atoms with Gasteiger partial charge in [-0.25, -0.2) is 0 Å². The smallest absolute Gasteiger partial charge is 0.135 e. The van der Waals surface area contributed by atoms with E-state index in [0.29, 0.717) is 0 Å². The SMILES string of the molecule is c1ccc(-c2ccc(Nc3ccc4c5ccccc5n(-c5ccccc5)c4c3)cc2)cc1.c1ccc2c(c1)oc1ccc(Nc3ccc4oc5ccccc5c4c3)cc12.c1ccc2c(c1)sc1c(Nc3cccc4c3sc3ccccc34)cccc12.c1ccc2c(c1)sc1ccc(Nc3ccc4sc5ccccc5c4c3)cc12. The van der Waals surface area contributed by atoms with Gasteiger partial charge in [0.1, 0.15) is 22.3 Å². The molecule has 7 aromatic heterocycles. The van der Waals surface area contributed by atoms with Gasteiger partial charge in [-0.2, -0.15) is 0 Å². The first-order valence-corrected chi connectivity index (χ1v) is 41.0. The second-order valence-electron chi connectivity index (χ2n) is 28.2. The molecule has 24 aromatic rings. The molecule has 0 fully saturated rings. The third-order valence-corrected chi connectivity index (χ3v) is 25.9. The molecule has 0 atom stereocenters. The van der Waals surface area contributed by atoms with Crippen LogP contribution in [0, 0.1) is 0 Å². The van der Waals surface area contributed by atoms with Crippen molar-refractivity contribution in [3.8, 4) is 16.8 Å². The molecule has 0 bridgehead atoms. The minimum absolute atomic E-state index is 0.901. The van der Waals surface area contributed by atoms with Crippen LogP contribution in [0.4, 0.5) is 45.5 Å². The zero-order chi connectivity index (χ0) is 74.7. The van der Waals surface area contributed by atoms with Crippen molar-refractivity contribution in [3.05, 3.63) is 382 Å². The Balaban J connectivity index is 0.0000000951. The Labute approximate surface area is 665 Å². The fourth-order valence-electron chi connectivity index (χ4n) is 15.8. The van der Waals surface area contributed by atoms with E-state index in [1.165, 1.54) is 131 Å². The predicted octanol–water partition coefficient (Wildman–Crippen LogP) is 31.8. The number of rotatable bonds is 10. The van der Waals surface area contributed by atoms with Gasteiger partial charge in [0.2, 0.25) is 0 Å². The van der Waals surface area contributed by atoms with Crippen molar-refractivity contribution in [2.75, 3.05) is 21.3 Å². The Morgan fingerprint density at radius 1 is 0.195 bits per heavy atom. The van der Waals surface area contributed by atoms with Gasteiger partial charge < -0.3 is 34.7 Å². The number of para-hydroxylation sites is 4. The highest BCUT2D eigenvalue weighted by atomic mass is 32.1. The van der Waals surface area contributed by atoms with Crippen molar-refractivity contribution < 1.29 is 8.83 Å². The average Bonchev–Trinajstić information content (AvgIpc) is 1.60. The molecule has 0 spiro atoms. The number of furan rings is 2. The molecular weight excluding hydrogens is 1460 g/mol. The summed E-state index contributed by atoms with van der Waals surface area (Å²) in [6.07, 6.45) is 0. The Kier molecular flexibility index (Phi) is 17.2. The van der Waals surface area contributed by atoms with Gasteiger partial charge in [-0.05, 0) is 175 Å². The largest absolute Gasteiger partial charge is 0.456 e. The molecule has 0 saturated carbocycles. The first-order valence-electron chi connectivity index (χ1n) is 37.7. The standard InChI is InChI=1S/C30H22N2.C24H15NO2.2C24H15NS2/c1-3-9-22(10-4-1)23-15-17-24(18-16-23)31-25-19-20-28-27-13-7-8-14-29(27)32(30(28)21-25)26-11-5-2-6-12-26;1-3-7-21-17(5-1)19-13-15(9-11-23(19)26-21)25-16-10-12-24-20(14-16)18-6-2-4-8-22(18)27-24;1-3-13-21-15(7-1)17-9-5-11-19(23(17)26-21)25-20-12-6-10-18-16-8-2-4-14-22(16)27-24(18)20;1-3-7-21-17(5-1)19-13-15(9-11-23(19)26-21)25-16-10-12-24-20(14-16)18-6-2-4-8-22(18)27-24/h1-21,31H;3*1-14,25H. The van der Waals surface area contributed by atoms with Crippen LogP contribution in [0.5, 0.6) is 0 Å². The highest BCUT2D eigenvalue weighted by molar-refractivity contribution is 7.27. The number of anilines is 8. The van der Waals surface area contributed by atoms with E-state index in [1.54, 1.807) is 0 Å². The summed E-state index contributed by atoms with van der Waals surface area (Å²) in [6.45, 7) is 0. The maximum Gasteiger partial charge on any atom is 0.135 e. The van der Waals surface area contributed by atoms with Gasteiger partial charge in [0, 0.05) is 143 Å². The van der Waals surface area contributed by atoms with Crippen molar-refractivity contribution in [3.63, 3.8) is 0 Å². The number of nitrogens with zero attached hydrogens (tertiary/aromatic N) is 1.